The highest BCUT2D eigenvalue weighted by Crippen LogP contribution is 2.27. The Bertz CT molecular complexity index is 540. The number of unbranched alkanes of at least 4 members (excludes halogenated alkanes) is 1. The van der Waals surface area contributed by atoms with E-state index in [1.54, 1.807) is 12.4 Å². The van der Waals surface area contributed by atoms with Gasteiger partial charge in [0.25, 0.3) is 0 Å². The molecule has 1 aromatic carbocycles. The third-order valence-electron chi connectivity index (χ3n) is 3.19. The molecule has 0 aliphatic carbocycles. The summed E-state index contributed by atoms with van der Waals surface area (Å²) in [5.41, 5.74) is 1.87. The van der Waals surface area contributed by atoms with E-state index in [4.69, 9.17) is 5.26 Å². The van der Waals surface area contributed by atoms with Crippen LogP contribution in [0.3, 0.4) is 0 Å². The van der Waals surface area contributed by atoms with Crippen LogP contribution in [-0.2, 0) is 0 Å². The van der Waals surface area contributed by atoms with Gasteiger partial charge in [-0.05, 0) is 30.2 Å². The highest BCUT2D eigenvalue weighted by Gasteiger charge is 2.16. The molecule has 1 heterocycles. The van der Waals surface area contributed by atoms with Crippen molar-refractivity contribution in [2.75, 3.05) is 0 Å². The molecular formula is C16H17N3. The Morgan fingerprint density at radius 3 is 2.42 bits per heavy atom. The molecule has 2 rings (SSSR count). The second kappa shape index (κ2) is 6.65. The molecule has 96 valence electrons. The number of hydrogen-bond acceptors (Lipinski definition) is 3. The Balaban J connectivity index is 2.29. The summed E-state index contributed by atoms with van der Waals surface area (Å²) >= 11 is 0. The van der Waals surface area contributed by atoms with E-state index in [0.717, 1.165) is 25.1 Å². The Morgan fingerprint density at radius 2 is 1.84 bits per heavy atom. The van der Waals surface area contributed by atoms with Gasteiger partial charge in [-0.2, -0.15) is 5.26 Å². The summed E-state index contributed by atoms with van der Waals surface area (Å²) in [7, 11) is 0. The van der Waals surface area contributed by atoms with Gasteiger partial charge in [-0.3, -0.25) is 0 Å². The van der Waals surface area contributed by atoms with Gasteiger partial charge in [-0.15, -0.1) is 0 Å². The SMILES string of the molecule is CCCCC(c1ccc(C#N)cc1)c1ncccn1. The van der Waals surface area contributed by atoms with Crippen molar-refractivity contribution in [2.24, 2.45) is 0 Å². The van der Waals surface area contributed by atoms with Gasteiger partial charge >= 0.3 is 0 Å². The molecule has 19 heavy (non-hydrogen) atoms. The first kappa shape index (κ1) is 13.2. The standard InChI is InChI=1S/C16H17N3/c1-2-3-5-15(16-18-10-4-11-19-16)14-8-6-13(12-17)7-9-14/h4,6-11,15H,2-3,5H2,1H3. The third-order valence-corrected chi connectivity index (χ3v) is 3.19. The molecule has 0 aliphatic rings. The van der Waals surface area contributed by atoms with E-state index in [2.05, 4.69) is 23.0 Å². The lowest BCUT2D eigenvalue weighted by Gasteiger charge is -2.15. The van der Waals surface area contributed by atoms with Gasteiger partial charge in [0.1, 0.15) is 5.82 Å². The molecule has 1 unspecified atom stereocenters. The minimum atomic E-state index is 0.217. The zero-order valence-electron chi connectivity index (χ0n) is 11.1. The van der Waals surface area contributed by atoms with Crippen molar-refractivity contribution in [2.45, 2.75) is 32.1 Å². The Kier molecular flexibility index (Phi) is 4.63. The smallest absolute Gasteiger partial charge is 0.135 e. The lowest BCUT2D eigenvalue weighted by Crippen LogP contribution is -2.06. The molecule has 2 aromatic rings. The maximum atomic E-state index is 8.85. The average molecular weight is 251 g/mol. The van der Waals surface area contributed by atoms with E-state index in [9.17, 15) is 0 Å². The fraction of sp³-hybridized carbons (Fsp3) is 0.312. The fourth-order valence-corrected chi connectivity index (χ4v) is 2.13. The first-order valence-electron chi connectivity index (χ1n) is 6.62. The maximum absolute atomic E-state index is 8.85. The van der Waals surface area contributed by atoms with Crippen LogP contribution in [0, 0.1) is 11.3 Å². The molecule has 0 radical (unpaired) electrons. The van der Waals surface area contributed by atoms with Gasteiger partial charge in [0, 0.05) is 18.3 Å². The molecular weight excluding hydrogens is 234 g/mol. The van der Waals surface area contributed by atoms with E-state index < -0.39 is 0 Å². The molecule has 0 bridgehead atoms. The van der Waals surface area contributed by atoms with Gasteiger partial charge in [-0.25, -0.2) is 9.97 Å². The van der Waals surface area contributed by atoms with Crippen LogP contribution < -0.4 is 0 Å². The topological polar surface area (TPSA) is 49.6 Å². The zero-order valence-corrected chi connectivity index (χ0v) is 11.1. The van der Waals surface area contributed by atoms with Gasteiger partial charge in [0.05, 0.1) is 11.6 Å². The highest BCUT2D eigenvalue weighted by molar-refractivity contribution is 5.34. The molecule has 0 amide bonds. The minimum Gasteiger partial charge on any atom is -0.241 e. The van der Waals surface area contributed by atoms with Gasteiger partial charge < -0.3 is 0 Å². The number of nitrogens with zero attached hydrogens (tertiary/aromatic N) is 3. The van der Waals surface area contributed by atoms with Crippen LogP contribution in [0.2, 0.25) is 0 Å². The lowest BCUT2D eigenvalue weighted by atomic mass is 9.92. The monoisotopic (exact) mass is 251 g/mol. The van der Waals surface area contributed by atoms with Crippen LogP contribution in [-0.4, -0.2) is 9.97 Å². The molecule has 0 saturated heterocycles. The Labute approximate surface area is 114 Å². The van der Waals surface area contributed by atoms with E-state index >= 15 is 0 Å². The molecule has 1 aromatic heterocycles. The largest absolute Gasteiger partial charge is 0.241 e. The Morgan fingerprint density at radius 1 is 1.16 bits per heavy atom. The summed E-state index contributed by atoms with van der Waals surface area (Å²) in [6, 6.07) is 11.7. The van der Waals surface area contributed by atoms with E-state index in [0.29, 0.717) is 5.56 Å². The second-order valence-electron chi connectivity index (χ2n) is 4.54. The molecule has 0 fully saturated rings. The predicted octanol–water partition coefficient (Wildman–Crippen LogP) is 3.67. The van der Waals surface area contributed by atoms with Gasteiger partial charge in [0.2, 0.25) is 0 Å². The minimum absolute atomic E-state index is 0.217. The first-order valence-corrected chi connectivity index (χ1v) is 6.62. The van der Waals surface area contributed by atoms with Crippen molar-refractivity contribution in [3.8, 4) is 6.07 Å². The van der Waals surface area contributed by atoms with Crippen LogP contribution in [0.15, 0.2) is 42.7 Å². The van der Waals surface area contributed by atoms with Crippen molar-refractivity contribution >= 4 is 0 Å². The molecule has 0 spiro atoms. The quantitative estimate of drug-likeness (QED) is 0.814. The fourth-order valence-electron chi connectivity index (χ4n) is 2.13. The van der Waals surface area contributed by atoms with Crippen LogP contribution in [0.1, 0.15) is 49.1 Å². The molecule has 0 saturated carbocycles. The number of aromatic nitrogens is 2. The Hall–Kier alpha value is -2.21. The van der Waals surface area contributed by atoms with E-state index in [-0.39, 0.29) is 5.92 Å². The van der Waals surface area contributed by atoms with Crippen molar-refractivity contribution in [1.82, 2.24) is 9.97 Å². The van der Waals surface area contributed by atoms with Gasteiger partial charge in [0.15, 0.2) is 0 Å². The molecule has 0 N–H and O–H groups in total. The molecule has 0 aliphatic heterocycles. The van der Waals surface area contributed by atoms with E-state index in [1.165, 1.54) is 5.56 Å². The second-order valence-corrected chi connectivity index (χ2v) is 4.54. The average Bonchev–Trinajstić information content (AvgIpc) is 2.49. The van der Waals surface area contributed by atoms with Crippen molar-refractivity contribution in [1.29, 1.82) is 5.26 Å². The maximum Gasteiger partial charge on any atom is 0.135 e. The van der Waals surface area contributed by atoms with E-state index in [1.807, 2.05) is 30.3 Å². The summed E-state index contributed by atoms with van der Waals surface area (Å²) in [5.74, 6) is 1.08. The van der Waals surface area contributed by atoms with Crippen molar-refractivity contribution in [3.63, 3.8) is 0 Å². The summed E-state index contributed by atoms with van der Waals surface area (Å²) in [6.07, 6.45) is 6.89. The highest BCUT2D eigenvalue weighted by atomic mass is 14.9. The van der Waals surface area contributed by atoms with Crippen LogP contribution in [0.5, 0.6) is 0 Å². The molecule has 3 heteroatoms. The normalized spacial score (nSPS) is 11.8. The summed E-state index contributed by atoms with van der Waals surface area (Å²) in [5, 5.41) is 8.85. The summed E-state index contributed by atoms with van der Waals surface area (Å²) in [6.45, 7) is 2.18. The van der Waals surface area contributed by atoms with Crippen molar-refractivity contribution in [3.05, 3.63) is 59.7 Å². The summed E-state index contributed by atoms with van der Waals surface area (Å²) < 4.78 is 0. The third kappa shape index (κ3) is 3.38. The van der Waals surface area contributed by atoms with Crippen LogP contribution in [0.25, 0.3) is 0 Å². The first-order chi connectivity index (χ1) is 9.35. The number of rotatable bonds is 5. The molecule has 1 atom stereocenters. The van der Waals surface area contributed by atoms with Gasteiger partial charge in [-0.1, -0.05) is 31.9 Å². The lowest BCUT2D eigenvalue weighted by molar-refractivity contribution is 0.622. The zero-order chi connectivity index (χ0) is 13.5. The van der Waals surface area contributed by atoms with Crippen LogP contribution in [0.4, 0.5) is 0 Å². The summed E-state index contributed by atoms with van der Waals surface area (Å²) in [4.78, 5) is 8.75. The van der Waals surface area contributed by atoms with Crippen LogP contribution >= 0.6 is 0 Å². The molecule has 3 nitrogen and oxygen atoms in total. The van der Waals surface area contributed by atoms with Crippen molar-refractivity contribution < 1.29 is 0 Å². The number of benzene rings is 1. The number of hydrogen-bond donors (Lipinski definition) is 0. The predicted molar refractivity (Wildman–Crippen MR) is 74.6 cm³/mol. The number of nitriles is 1.